The van der Waals surface area contributed by atoms with Gasteiger partial charge in [-0.25, -0.2) is 0 Å². The molecular formula is C24H51O3P. The highest BCUT2D eigenvalue weighted by atomic mass is 31.2. The van der Waals surface area contributed by atoms with Crippen LogP contribution in [0.1, 0.15) is 137 Å². The van der Waals surface area contributed by atoms with Crippen LogP contribution in [0.4, 0.5) is 0 Å². The van der Waals surface area contributed by atoms with Crippen LogP contribution >= 0.6 is 7.60 Å². The van der Waals surface area contributed by atoms with Crippen LogP contribution in [0.25, 0.3) is 0 Å². The molecule has 0 aliphatic rings. The van der Waals surface area contributed by atoms with Crippen LogP contribution in [-0.4, -0.2) is 18.4 Å². The van der Waals surface area contributed by atoms with Crippen LogP contribution in [0.2, 0.25) is 0 Å². The Kier molecular flexibility index (Phi) is 19.2. The Morgan fingerprint density at radius 1 is 0.571 bits per heavy atom. The molecular weight excluding hydrogens is 367 g/mol. The third-order valence-electron chi connectivity index (χ3n) is 5.62. The lowest BCUT2D eigenvalue weighted by Gasteiger charge is -2.24. The second kappa shape index (κ2) is 19.1. The molecule has 0 heterocycles. The lowest BCUT2D eigenvalue weighted by atomic mass is 10.0. The van der Waals surface area contributed by atoms with Gasteiger partial charge in [0.15, 0.2) is 0 Å². The third-order valence-corrected chi connectivity index (χ3v) is 7.84. The summed E-state index contributed by atoms with van der Waals surface area (Å²) in [6.07, 6.45) is 20.9. The molecule has 0 aromatic rings. The molecule has 0 aromatic heterocycles. The van der Waals surface area contributed by atoms with Gasteiger partial charge in [0.05, 0.1) is 18.4 Å². The van der Waals surface area contributed by atoms with Crippen molar-refractivity contribution in [2.45, 2.75) is 150 Å². The average Bonchev–Trinajstić information content (AvgIpc) is 2.67. The zero-order valence-electron chi connectivity index (χ0n) is 19.8. The highest BCUT2D eigenvalue weighted by Crippen LogP contribution is 2.51. The van der Waals surface area contributed by atoms with Crippen LogP contribution in [0.3, 0.4) is 0 Å². The molecule has 170 valence electrons. The lowest BCUT2D eigenvalue weighted by molar-refractivity contribution is 0.123. The summed E-state index contributed by atoms with van der Waals surface area (Å²) in [5.74, 6) is 0. The van der Waals surface area contributed by atoms with Gasteiger partial charge in [-0.2, -0.15) is 0 Å². The molecule has 4 heteroatoms. The van der Waals surface area contributed by atoms with E-state index in [9.17, 15) is 4.57 Å². The zero-order chi connectivity index (χ0) is 21.1. The van der Waals surface area contributed by atoms with Crippen molar-refractivity contribution < 1.29 is 13.6 Å². The smallest absolute Gasteiger partial charge is 0.306 e. The second-order valence-corrected chi connectivity index (χ2v) is 10.7. The van der Waals surface area contributed by atoms with Crippen molar-refractivity contribution in [1.29, 1.82) is 0 Å². The fourth-order valence-corrected chi connectivity index (χ4v) is 5.59. The van der Waals surface area contributed by atoms with E-state index in [1.165, 1.54) is 77.0 Å². The van der Waals surface area contributed by atoms with E-state index in [-0.39, 0.29) is 12.2 Å². The molecule has 0 aliphatic carbocycles. The lowest BCUT2D eigenvalue weighted by Crippen LogP contribution is -2.13. The van der Waals surface area contributed by atoms with Gasteiger partial charge in [0.25, 0.3) is 0 Å². The van der Waals surface area contributed by atoms with Crippen LogP contribution in [0.15, 0.2) is 0 Å². The van der Waals surface area contributed by atoms with Crippen molar-refractivity contribution in [2.24, 2.45) is 0 Å². The maximum Gasteiger partial charge on any atom is 0.331 e. The molecule has 0 rings (SSSR count). The second-order valence-electron chi connectivity index (χ2n) is 8.58. The highest BCUT2D eigenvalue weighted by Gasteiger charge is 2.28. The number of hydrogen-bond donors (Lipinski definition) is 0. The van der Waals surface area contributed by atoms with Crippen molar-refractivity contribution >= 4 is 7.60 Å². The summed E-state index contributed by atoms with van der Waals surface area (Å²) in [7, 11) is -2.95. The summed E-state index contributed by atoms with van der Waals surface area (Å²) < 4.78 is 24.6. The van der Waals surface area contributed by atoms with Crippen molar-refractivity contribution in [3.8, 4) is 0 Å². The molecule has 0 amide bonds. The molecule has 0 aliphatic heterocycles. The van der Waals surface area contributed by atoms with Crippen molar-refractivity contribution in [3.63, 3.8) is 0 Å². The third kappa shape index (κ3) is 17.0. The first-order chi connectivity index (χ1) is 13.5. The highest BCUT2D eigenvalue weighted by molar-refractivity contribution is 7.53. The normalized spacial score (nSPS) is 16.0. The molecule has 0 fully saturated rings. The van der Waals surface area contributed by atoms with Gasteiger partial charge < -0.3 is 9.05 Å². The average molecular weight is 419 g/mol. The number of hydrogen-bond acceptors (Lipinski definition) is 3. The van der Waals surface area contributed by atoms with E-state index in [0.29, 0.717) is 6.16 Å². The molecule has 28 heavy (non-hydrogen) atoms. The predicted octanol–water partition coefficient (Wildman–Crippen LogP) is 9.29. The Balaban J connectivity index is 3.70. The van der Waals surface area contributed by atoms with Crippen molar-refractivity contribution in [2.75, 3.05) is 6.16 Å². The summed E-state index contributed by atoms with van der Waals surface area (Å²) in [5, 5.41) is 0. The number of rotatable bonds is 21. The Hall–Kier alpha value is 0.150. The van der Waals surface area contributed by atoms with Crippen LogP contribution in [0, 0.1) is 0 Å². The Morgan fingerprint density at radius 2 is 0.893 bits per heavy atom. The van der Waals surface area contributed by atoms with Crippen LogP contribution in [0.5, 0.6) is 0 Å². The largest absolute Gasteiger partial charge is 0.331 e. The molecule has 3 nitrogen and oxygen atoms in total. The Bertz CT molecular complexity index is 357. The van der Waals surface area contributed by atoms with Crippen LogP contribution in [-0.2, 0) is 13.6 Å². The molecule has 0 radical (unpaired) electrons. The monoisotopic (exact) mass is 418 g/mol. The van der Waals surface area contributed by atoms with Gasteiger partial charge in [-0.3, -0.25) is 4.57 Å². The van der Waals surface area contributed by atoms with E-state index in [2.05, 4.69) is 20.8 Å². The van der Waals surface area contributed by atoms with Crippen LogP contribution < -0.4 is 0 Å². The molecule has 0 aromatic carbocycles. The molecule has 0 saturated carbocycles. The fraction of sp³-hybridized carbons (Fsp3) is 1.00. The fourth-order valence-electron chi connectivity index (χ4n) is 3.33. The molecule has 2 unspecified atom stereocenters. The first-order valence-corrected chi connectivity index (χ1v) is 14.2. The standard InChI is InChI=1S/C24H51O3P/c1-6-9-10-11-12-13-14-15-16-17-18-19-20-21-22-28(25,26-23(4)7-2)27-24(5)8-3/h23-24H,6-22H2,1-5H3. The SMILES string of the molecule is CCCCCCCCCCCCCCCCP(=O)(OC(C)CC)OC(C)CC. The van der Waals surface area contributed by atoms with E-state index >= 15 is 0 Å². The van der Waals surface area contributed by atoms with E-state index in [1.807, 2.05) is 13.8 Å². The van der Waals surface area contributed by atoms with Gasteiger partial charge in [-0.1, -0.05) is 104 Å². The molecule has 0 saturated heterocycles. The van der Waals surface area contributed by atoms with E-state index in [1.54, 1.807) is 0 Å². The topological polar surface area (TPSA) is 35.5 Å². The van der Waals surface area contributed by atoms with Gasteiger partial charge in [0.1, 0.15) is 0 Å². The first-order valence-electron chi connectivity index (χ1n) is 12.4. The Morgan fingerprint density at radius 3 is 1.21 bits per heavy atom. The van der Waals surface area contributed by atoms with Gasteiger partial charge >= 0.3 is 7.60 Å². The minimum absolute atomic E-state index is 0.00142. The van der Waals surface area contributed by atoms with E-state index < -0.39 is 7.60 Å². The van der Waals surface area contributed by atoms with Gasteiger partial charge in [0.2, 0.25) is 0 Å². The number of unbranched alkanes of at least 4 members (excludes halogenated alkanes) is 13. The minimum Gasteiger partial charge on any atom is -0.306 e. The quantitative estimate of drug-likeness (QED) is 0.138. The van der Waals surface area contributed by atoms with E-state index in [0.717, 1.165) is 25.7 Å². The van der Waals surface area contributed by atoms with Crippen molar-refractivity contribution in [3.05, 3.63) is 0 Å². The minimum atomic E-state index is -2.95. The summed E-state index contributed by atoms with van der Waals surface area (Å²) >= 11 is 0. The molecule has 0 bridgehead atoms. The maximum atomic E-state index is 13.0. The van der Waals surface area contributed by atoms with Crippen molar-refractivity contribution in [1.82, 2.24) is 0 Å². The molecule has 0 spiro atoms. The van der Waals surface area contributed by atoms with Gasteiger partial charge in [0, 0.05) is 0 Å². The first kappa shape index (κ1) is 28.1. The molecule has 2 atom stereocenters. The summed E-state index contributed by atoms with van der Waals surface area (Å²) in [6.45, 7) is 10.4. The van der Waals surface area contributed by atoms with Gasteiger partial charge in [-0.05, 0) is 33.1 Å². The predicted molar refractivity (Wildman–Crippen MR) is 124 cm³/mol. The Labute approximate surface area is 177 Å². The summed E-state index contributed by atoms with van der Waals surface area (Å²) in [4.78, 5) is 0. The molecule has 0 N–H and O–H groups in total. The maximum absolute atomic E-state index is 13.0. The zero-order valence-corrected chi connectivity index (χ0v) is 20.7. The summed E-state index contributed by atoms with van der Waals surface area (Å²) in [5.41, 5.74) is 0. The summed E-state index contributed by atoms with van der Waals surface area (Å²) in [6, 6.07) is 0. The van der Waals surface area contributed by atoms with Gasteiger partial charge in [-0.15, -0.1) is 0 Å². The van der Waals surface area contributed by atoms with E-state index in [4.69, 9.17) is 9.05 Å².